The number of thiazole rings is 1. The lowest BCUT2D eigenvalue weighted by Gasteiger charge is -2.41. The van der Waals surface area contributed by atoms with Crippen LogP contribution >= 0.6 is 11.3 Å². The fourth-order valence-electron chi connectivity index (χ4n) is 3.07. The van der Waals surface area contributed by atoms with Gasteiger partial charge in [-0.05, 0) is 39.5 Å². The van der Waals surface area contributed by atoms with E-state index in [9.17, 15) is 0 Å². The number of hydrogen-bond donors (Lipinski definition) is 1. The average molecular weight is 282 g/mol. The highest BCUT2D eigenvalue weighted by molar-refractivity contribution is 7.09. The first-order valence-corrected chi connectivity index (χ1v) is 8.28. The molecule has 1 aromatic heterocycles. The van der Waals surface area contributed by atoms with Crippen molar-refractivity contribution in [3.63, 3.8) is 0 Å². The zero-order valence-electron chi connectivity index (χ0n) is 12.5. The van der Waals surface area contributed by atoms with Crippen LogP contribution in [0.2, 0.25) is 0 Å². The van der Waals surface area contributed by atoms with Crippen LogP contribution in [0.15, 0.2) is 5.51 Å². The molecule has 4 heteroatoms. The third-order valence-corrected chi connectivity index (χ3v) is 5.56. The van der Waals surface area contributed by atoms with Gasteiger partial charge in [0.1, 0.15) is 0 Å². The van der Waals surface area contributed by atoms with Crippen LogP contribution in [-0.2, 0) is 4.74 Å². The molecule has 1 aromatic rings. The molecular formula is C15H26N2OS. The minimum Gasteiger partial charge on any atom is -0.375 e. The summed E-state index contributed by atoms with van der Waals surface area (Å²) in [6.45, 7) is 9.70. The standard InChI is InChI=1S/C15H26N2OS/c1-5-15(6-2)9-13(7-8-18-15)17-12(4)14-11(3)16-10-19-14/h10,12-13,17H,5-9H2,1-4H3. The molecule has 0 bridgehead atoms. The number of hydrogen-bond acceptors (Lipinski definition) is 4. The number of ether oxygens (including phenoxy) is 1. The van der Waals surface area contributed by atoms with Crippen LogP contribution < -0.4 is 5.32 Å². The number of nitrogens with one attached hydrogen (secondary N) is 1. The Bertz CT molecular complexity index is 401. The van der Waals surface area contributed by atoms with E-state index < -0.39 is 0 Å². The predicted octanol–water partition coefficient (Wildman–Crippen LogP) is 3.84. The Labute approximate surface area is 120 Å². The Hall–Kier alpha value is -0.450. The fraction of sp³-hybridized carbons (Fsp3) is 0.800. The van der Waals surface area contributed by atoms with E-state index in [2.05, 4.69) is 38.0 Å². The maximum atomic E-state index is 6.04. The highest BCUT2D eigenvalue weighted by atomic mass is 32.1. The Kier molecular flexibility index (Phi) is 4.98. The normalized spacial score (nSPS) is 24.3. The molecule has 0 radical (unpaired) electrons. The monoisotopic (exact) mass is 282 g/mol. The highest BCUT2D eigenvalue weighted by Crippen LogP contribution is 2.33. The van der Waals surface area contributed by atoms with Crippen molar-refractivity contribution in [3.8, 4) is 0 Å². The Balaban J connectivity index is 1.97. The van der Waals surface area contributed by atoms with Crippen molar-refractivity contribution < 1.29 is 4.74 Å². The Morgan fingerprint density at radius 1 is 1.53 bits per heavy atom. The molecular weight excluding hydrogens is 256 g/mol. The molecule has 2 unspecified atom stereocenters. The topological polar surface area (TPSA) is 34.2 Å². The molecule has 1 aliphatic rings. The lowest BCUT2D eigenvalue weighted by molar-refractivity contribution is -0.0939. The first kappa shape index (κ1) is 14.9. The van der Waals surface area contributed by atoms with Gasteiger partial charge in [0, 0.05) is 23.6 Å². The minimum absolute atomic E-state index is 0.0956. The molecule has 0 amide bonds. The van der Waals surface area contributed by atoms with Crippen LogP contribution in [-0.4, -0.2) is 23.2 Å². The molecule has 1 N–H and O–H groups in total. The van der Waals surface area contributed by atoms with Crippen molar-refractivity contribution in [2.45, 2.75) is 71.1 Å². The van der Waals surface area contributed by atoms with Gasteiger partial charge in [-0.15, -0.1) is 11.3 Å². The average Bonchev–Trinajstić information content (AvgIpc) is 2.85. The number of rotatable bonds is 5. The fourth-order valence-corrected chi connectivity index (χ4v) is 3.89. The van der Waals surface area contributed by atoms with Crippen molar-refractivity contribution in [3.05, 3.63) is 16.1 Å². The van der Waals surface area contributed by atoms with Crippen LogP contribution in [0.5, 0.6) is 0 Å². The molecule has 0 aromatic carbocycles. The maximum absolute atomic E-state index is 6.04. The largest absolute Gasteiger partial charge is 0.375 e. The zero-order chi connectivity index (χ0) is 13.9. The lowest BCUT2D eigenvalue weighted by atomic mass is 9.85. The van der Waals surface area contributed by atoms with Gasteiger partial charge in [-0.1, -0.05) is 13.8 Å². The van der Waals surface area contributed by atoms with E-state index in [1.54, 1.807) is 11.3 Å². The van der Waals surface area contributed by atoms with E-state index in [-0.39, 0.29) is 5.60 Å². The molecule has 2 heterocycles. The number of aromatic nitrogens is 1. The third kappa shape index (κ3) is 3.36. The van der Waals surface area contributed by atoms with Gasteiger partial charge >= 0.3 is 0 Å². The van der Waals surface area contributed by atoms with Crippen LogP contribution in [0.25, 0.3) is 0 Å². The summed E-state index contributed by atoms with van der Waals surface area (Å²) in [5.41, 5.74) is 3.20. The molecule has 0 spiro atoms. The van der Waals surface area contributed by atoms with Crippen LogP contribution in [0, 0.1) is 6.92 Å². The first-order chi connectivity index (χ1) is 9.10. The molecule has 1 saturated heterocycles. The summed E-state index contributed by atoms with van der Waals surface area (Å²) in [4.78, 5) is 5.71. The van der Waals surface area contributed by atoms with Crippen molar-refractivity contribution in [1.29, 1.82) is 0 Å². The van der Waals surface area contributed by atoms with E-state index >= 15 is 0 Å². The van der Waals surface area contributed by atoms with Crippen molar-refractivity contribution in [2.75, 3.05) is 6.61 Å². The summed E-state index contributed by atoms with van der Waals surface area (Å²) in [6, 6.07) is 0.951. The highest BCUT2D eigenvalue weighted by Gasteiger charge is 2.35. The Morgan fingerprint density at radius 2 is 2.26 bits per heavy atom. The second-order valence-electron chi connectivity index (χ2n) is 5.62. The minimum atomic E-state index is 0.0956. The maximum Gasteiger partial charge on any atom is 0.0798 e. The van der Waals surface area contributed by atoms with E-state index in [1.165, 1.54) is 4.88 Å². The van der Waals surface area contributed by atoms with Crippen LogP contribution in [0.4, 0.5) is 0 Å². The number of aryl methyl sites for hydroxylation is 1. The summed E-state index contributed by atoms with van der Waals surface area (Å²) in [5, 5.41) is 3.78. The summed E-state index contributed by atoms with van der Waals surface area (Å²) in [6.07, 6.45) is 4.46. The second-order valence-corrected chi connectivity index (χ2v) is 6.51. The van der Waals surface area contributed by atoms with Gasteiger partial charge in [-0.2, -0.15) is 0 Å². The Morgan fingerprint density at radius 3 is 2.84 bits per heavy atom. The molecule has 108 valence electrons. The molecule has 2 atom stereocenters. The van der Waals surface area contributed by atoms with E-state index in [0.717, 1.165) is 38.0 Å². The third-order valence-electron chi connectivity index (χ3n) is 4.44. The molecule has 1 fully saturated rings. The molecule has 0 saturated carbocycles. The van der Waals surface area contributed by atoms with Gasteiger partial charge in [0.05, 0.1) is 16.8 Å². The molecule has 19 heavy (non-hydrogen) atoms. The quantitative estimate of drug-likeness (QED) is 0.891. The summed E-state index contributed by atoms with van der Waals surface area (Å²) >= 11 is 1.75. The smallest absolute Gasteiger partial charge is 0.0798 e. The van der Waals surface area contributed by atoms with Crippen LogP contribution in [0.3, 0.4) is 0 Å². The molecule has 3 nitrogen and oxygen atoms in total. The second kappa shape index (κ2) is 6.33. The summed E-state index contributed by atoms with van der Waals surface area (Å²) < 4.78 is 6.04. The number of nitrogens with zero attached hydrogens (tertiary/aromatic N) is 1. The first-order valence-electron chi connectivity index (χ1n) is 7.40. The van der Waals surface area contributed by atoms with Gasteiger partial charge < -0.3 is 10.1 Å². The van der Waals surface area contributed by atoms with Gasteiger partial charge in [-0.25, -0.2) is 4.98 Å². The molecule has 0 aliphatic carbocycles. The van der Waals surface area contributed by atoms with E-state index in [1.807, 2.05) is 5.51 Å². The van der Waals surface area contributed by atoms with Gasteiger partial charge in [0.15, 0.2) is 0 Å². The van der Waals surface area contributed by atoms with Gasteiger partial charge in [-0.3, -0.25) is 0 Å². The zero-order valence-corrected chi connectivity index (χ0v) is 13.3. The van der Waals surface area contributed by atoms with E-state index in [0.29, 0.717) is 12.1 Å². The van der Waals surface area contributed by atoms with Crippen molar-refractivity contribution in [2.24, 2.45) is 0 Å². The van der Waals surface area contributed by atoms with Crippen molar-refractivity contribution >= 4 is 11.3 Å². The summed E-state index contributed by atoms with van der Waals surface area (Å²) in [7, 11) is 0. The SMILES string of the molecule is CCC1(CC)CC(NC(C)c2scnc2C)CCO1. The van der Waals surface area contributed by atoms with Gasteiger partial charge in [0.2, 0.25) is 0 Å². The van der Waals surface area contributed by atoms with E-state index in [4.69, 9.17) is 4.74 Å². The predicted molar refractivity (Wildman–Crippen MR) is 80.7 cm³/mol. The van der Waals surface area contributed by atoms with Gasteiger partial charge in [0.25, 0.3) is 0 Å². The summed E-state index contributed by atoms with van der Waals surface area (Å²) in [5.74, 6) is 0. The van der Waals surface area contributed by atoms with Crippen molar-refractivity contribution in [1.82, 2.24) is 10.3 Å². The molecule has 1 aliphatic heterocycles. The lowest BCUT2D eigenvalue weighted by Crippen LogP contribution is -2.47. The molecule has 2 rings (SSSR count). The van der Waals surface area contributed by atoms with Crippen LogP contribution in [0.1, 0.15) is 63.1 Å².